The van der Waals surface area contributed by atoms with Crippen LogP contribution in [0.2, 0.25) is 5.02 Å². The lowest BCUT2D eigenvalue weighted by atomic mass is 10.0. The largest absolute Gasteiger partial charge is 0.350 e. The number of anilines is 1. The average Bonchev–Trinajstić information content (AvgIpc) is 2.88. The lowest BCUT2D eigenvalue weighted by molar-refractivity contribution is -0.384. The van der Waals surface area contributed by atoms with Crippen molar-refractivity contribution < 1.29 is 14.5 Å². The van der Waals surface area contributed by atoms with E-state index in [2.05, 4.69) is 5.32 Å². The van der Waals surface area contributed by atoms with E-state index in [-0.39, 0.29) is 23.0 Å². The van der Waals surface area contributed by atoms with E-state index in [1.807, 2.05) is 6.92 Å². The Labute approximate surface area is 166 Å². The molecule has 0 saturated heterocycles. The number of aryl methyl sites for hydroxylation is 1. The first-order chi connectivity index (χ1) is 13.2. The minimum atomic E-state index is -0.519. The van der Waals surface area contributed by atoms with Crippen LogP contribution in [0, 0.1) is 17.0 Å². The lowest BCUT2D eigenvalue weighted by Gasteiger charge is -2.19. The fourth-order valence-electron chi connectivity index (χ4n) is 3.01. The van der Waals surface area contributed by atoms with Crippen molar-refractivity contribution >= 4 is 40.4 Å². The third-order valence-corrected chi connectivity index (χ3v) is 4.69. The Bertz CT molecular complexity index is 1010. The number of non-ortho nitro benzene ring substituents is 1. The fourth-order valence-corrected chi connectivity index (χ4v) is 3.19. The molecule has 0 aromatic heterocycles. The van der Waals surface area contributed by atoms with Gasteiger partial charge in [0.15, 0.2) is 0 Å². The number of carbonyl (C=O) groups is 2. The molecule has 3 rings (SSSR count). The highest BCUT2D eigenvalue weighted by Crippen LogP contribution is 2.33. The number of hydrogen-bond acceptors (Lipinski definition) is 5. The predicted molar refractivity (Wildman–Crippen MR) is 107 cm³/mol. The molecule has 2 amide bonds. The van der Waals surface area contributed by atoms with Gasteiger partial charge in [0.2, 0.25) is 0 Å². The zero-order chi connectivity index (χ0) is 20.6. The molecule has 144 valence electrons. The van der Waals surface area contributed by atoms with Crippen molar-refractivity contribution in [1.82, 2.24) is 4.90 Å². The molecule has 28 heavy (non-hydrogen) atoms. The van der Waals surface area contributed by atoms with E-state index in [9.17, 15) is 19.7 Å². The first kappa shape index (κ1) is 19.6. The zero-order valence-electron chi connectivity index (χ0n) is 15.5. The second kappa shape index (κ2) is 7.44. The molecule has 8 heteroatoms. The molecule has 0 saturated carbocycles. The van der Waals surface area contributed by atoms with E-state index in [4.69, 9.17) is 11.6 Å². The molecule has 0 spiro atoms. The Morgan fingerprint density at radius 3 is 2.29 bits per heavy atom. The molecule has 0 fully saturated rings. The molecule has 1 N–H and O–H groups in total. The minimum absolute atomic E-state index is 0.0953. The van der Waals surface area contributed by atoms with Crippen molar-refractivity contribution in [3.05, 3.63) is 74.4 Å². The number of imide groups is 1. The van der Waals surface area contributed by atoms with Gasteiger partial charge in [0, 0.05) is 28.9 Å². The van der Waals surface area contributed by atoms with E-state index in [0.717, 1.165) is 5.56 Å². The van der Waals surface area contributed by atoms with Crippen molar-refractivity contribution in [3.8, 4) is 0 Å². The monoisotopic (exact) mass is 399 g/mol. The molecule has 1 aliphatic heterocycles. The second-order valence-electron chi connectivity index (χ2n) is 6.71. The van der Waals surface area contributed by atoms with Gasteiger partial charge in [-0.1, -0.05) is 17.7 Å². The van der Waals surface area contributed by atoms with Crippen LogP contribution in [0.3, 0.4) is 0 Å². The van der Waals surface area contributed by atoms with Gasteiger partial charge in [-0.05, 0) is 56.2 Å². The molecule has 7 nitrogen and oxygen atoms in total. The number of nitrogens with one attached hydrogen (secondary N) is 1. The standard InChI is InChI=1S/C20H18ClN3O4/c1-11(2)23-19(25)17(13-5-8-15(9-6-13)24(27)28)18(20(23)26)22-16-10-14(21)7-4-12(16)3/h4-11,22H,1-3H3. The Balaban J connectivity index is 2.13. The van der Waals surface area contributed by atoms with Crippen molar-refractivity contribution in [3.63, 3.8) is 0 Å². The average molecular weight is 400 g/mol. The summed E-state index contributed by atoms with van der Waals surface area (Å²) in [5.41, 5.74) is 2.08. The summed E-state index contributed by atoms with van der Waals surface area (Å²) in [4.78, 5) is 37.5. The maximum Gasteiger partial charge on any atom is 0.278 e. The number of hydrogen-bond donors (Lipinski definition) is 1. The molecule has 0 radical (unpaired) electrons. The van der Waals surface area contributed by atoms with Gasteiger partial charge >= 0.3 is 0 Å². The summed E-state index contributed by atoms with van der Waals surface area (Å²) in [6.45, 7) is 5.35. The predicted octanol–water partition coefficient (Wildman–Crippen LogP) is 4.16. The summed E-state index contributed by atoms with van der Waals surface area (Å²) in [6, 6.07) is 10.4. The Morgan fingerprint density at radius 1 is 1.07 bits per heavy atom. The van der Waals surface area contributed by atoms with Gasteiger partial charge < -0.3 is 5.32 Å². The topological polar surface area (TPSA) is 92.6 Å². The van der Waals surface area contributed by atoms with Crippen LogP contribution < -0.4 is 5.32 Å². The fraction of sp³-hybridized carbons (Fsp3) is 0.200. The lowest BCUT2D eigenvalue weighted by Crippen LogP contribution is -2.38. The molecule has 2 aromatic carbocycles. The van der Waals surface area contributed by atoms with E-state index in [1.165, 1.54) is 29.2 Å². The van der Waals surface area contributed by atoms with Gasteiger partial charge in [0.25, 0.3) is 17.5 Å². The van der Waals surface area contributed by atoms with Crippen LogP contribution in [-0.4, -0.2) is 27.7 Å². The molecular formula is C20H18ClN3O4. The Kier molecular flexibility index (Phi) is 5.20. The van der Waals surface area contributed by atoms with Gasteiger partial charge in [-0.25, -0.2) is 0 Å². The summed E-state index contributed by atoms with van der Waals surface area (Å²) < 4.78 is 0. The highest BCUT2D eigenvalue weighted by atomic mass is 35.5. The Morgan fingerprint density at radius 2 is 1.71 bits per heavy atom. The van der Waals surface area contributed by atoms with Crippen LogP contribution in [0.4, 0.5) is 11.4 Å². The first-order valence-corrected chi connectivity index (χ1v) is 8.98. The van der Waals surface area contributed by atoms with Crippen molar-refractivity contribution in [2.75, 3.05) is 5.32 Å². The molecule has 0 bridgehead atoms. The van der Waals surface area contributed by atoms with Gasteiger partial charge in [0.1, 0.15) is 5.70 Å². The normalized spacial score (nSPS) is 14.2. The summed E-state index contributed by atoms with van der Waals surface area (Å²) in [7, 11) is 0. The highest BCUT2D eigenvalue weighted by molar-refractivity contribution is 6.36. The van der Waals surface area contributed by atoms with Crippen LogP contribution in [-0.2, 0) is 9.59 Å². The van der Waals surface area contributed by atoms with E-state index in [1.54, 1.807) is 32.0 Å². The van der Waals surface area contributed by atoms with Crippen molar-refractivity contribution in [2.45, 2.75) is 26.8 Å². The van der Waals surface area contributed by atoms with Crippen LogP contribution in [0.1, 0.15) is 25.0 Å². The van der Waals surface area contributed by atoms with Crippen LogP contribution in [0.25, 0.3) is 5.57 Å². The smallest absolute Gasteiger partial charge is 0.278 e. The van der Waals surface area contributed by atoms with Gasteiger partial charge in [-0.2, -0.15) is 0 Å². The van der Waals surface area contributed by atoms with Gasteiger partial charge in [0.05, 0.1) is 10.5 Å². The van der Waals surface area contributed by atoms with E-state index >= 15 is 0 Å². The van der Waals surface area contributed by atoms with Crippen molar-refractivity contribution in [1.29, 1.82) is 0 Å². The quantitative estimate of drug-likeness (QED) is 0.463. The van der Waals surface area contributed by atoms with Gasteiger partial charge in [-0.3, -0.25) is 24.6 Å². The number of carbonyl (C=O) groups excluding carboxylic acids is 2. The molecule has 1 aliphatic rings. The van der Waals surface area contributed by atoms with Crippen LogP contribution >= 0.6 is 11.6 Å². The molecule has 0 aliphatic carbocycles. The summed E-state index contributed by atoms with van der Waals surface area (Å²) in [5, 5.41) is 14.4. The highest BCUT2D eigenvalue weighted by Gasteiger charge is 2.40. The second-order valence-corrected chi connectivity index (χ2v) is 7.15. The SMILES string of the molecule is Cc1ccc(Cl)cc1NC1=C(c2ccc([N+](=O)[O-])cc2)C(=O)N(C(C)C)C1=O. The number of halogens is 1. The van der Waals surface area contributed by atoms with E-state index < -0.39 is 16.7 Å². The van der Waals surface area contributed by atoms with Crippen molar-refractivity contribution in [2.24, 2.45) is 0 Å². The first-order valence-electron chi connectivity index (χ1n) is 8.61. The number of amides is 2. The summed E-state index contributed by atoms with van der Waals surface area (Å²) in [5.74, 6) is -0.899. The Hall–Kier alpha value is -3.19. The molecular weight excluding hydrogens is 382 g/mol. The summed E-state index contributed by atoms with van der Waals surface area (Å²) >= 11 is 6.06. The van der Waals surface area contributed by atoms with Crippen LogP contribution in [0.5, 0.6) is 0 Å². The molecule has 0 atom stereocenters. The van der Waals surface area contributed by atoms with Crippen LogP contribution in [0.15, 0.2) is 48.2 Å². The zero-order valence-corrected chi connectivity index (χ0v) is 16.3. The van der Waals surface area contributed by atoms with Gasteiger partial charge in [-0.15, -0.1) is 0 Å². The number of benzene rings is 2. The number of rotatable bonds is 5. The molecule has 1 heterocycles. The molecule has 2 aromatic rings. The van der Waals surface area contributed by atoms with E-state index in [0.29, 0.717) is 16.3 Å². The maximum absolute atomic E-state index is 13.0. The minimum Gasteiger partial charge on any atom is -0.350 e. The third kappa shape index (κ3) is 3.48. The maximum atomic E-state index is 13.0. The molecule has 0 unspecified atom stereocenters. The number of nitro benzene ring substituents is 1. The number of nitro groups is 1. The third-order valence-electron chi connectivity index (χ3n) is 4.46. The number of nitrogens with zero attached hydrogens (tertiary/aromatic N) is 2. The summed E-state index contributed by atoms with van der Waals surface area (Å²) in [6.07, 6.45) is 0.